The van der Waals surface area contributed by atoms with Crippen molar-refractivity contribution in [3.8, 4) is 0 Å². The number of carbonyl (C=O) groups excluding carboxylic acids is 3. The lowest BCUT2D eigenvalue weighted by Crippen LogP contribution is -2.40. The molecule has 0 saturated heterocycles. The van der Waals surface area contributed by atoms with Crippen molar-refractivity contribution in [2.75, 3.05) is 19.6 Å². The van der Waals surface area contributed by atoms with Crippen LogP contribution in [0.5, 0.6) is 0 Å². The van der Waals surface area contributed by atoms with Crippen LogP contribution in [0.3, 0.4) is 0 Å². The third-order valence-corrected chi connectivity index (χ3v) is 2.87. The van der Waals surface area contributed by atoms with Crippen LogP contribution in [0.2, 0.25) is 0 Å². The highest BCUT2D eigenvalue weighted by Gasteiger charge is 2.16. The molecule has 0 aliphatic carbocycles. The minimum atomic E-state index is -0.667. The number of hydrogen-bond acceptors (Lipinski definition) is 4. The number of ether oxygens (including phenoxy) is 1. The molecule has 138 valence electrons. The summed E-state index contributed by atoms with van der Waals surface area (Å²) in [6, 6.07) is 5.70. The van der Waals surface area contributed by atoms with E-state index in [9.17, 15) is 18.8 Å². The van der Waals surface area contributed by atoms with Crippen LogP contribution in [0, 0.1) is 5.82 Å². The molecular formula is C17H24FN3O4. The highest BCUT2D eigenvalue weighted by molar-refractivity contribution is 5.94. The summed E-state index contributed by atoms with van der Waals surface area (Å²) in [4.78, 5) is 34.7. The second-order valence-corrected chi connectivity index (χ2v) is 6.29. The van der Waals surface area contributed by atoms with Gasteiger partial charge in [0.15, 0.2) is 0 Å². The lowest BCUT2D eigenvalue weighted by atomic mass is 10.2. The van der Waals surface area contributed by atoms with Crippen molar-refractivity contribution in [1.82, 2.24) is 16.0 Å². The molecule has 0 saturated carbocycles. The minimum absolute atomic E-state index is 0.0203. The Balaban J connectivity index is 2.15. The molecule has 25 heavy (non-hydrogen) atoms. The van der Waals surface area contributed by atoms with Gasteiger partial charge in [0, 0.05) is 13.1 Å². The average Bonchev–Trinajstić information content (AvgIpc) is 2.51. The first-order valence-electron chi connectivity index (χ1n) is 7.95. The van der Waals surface area contributed by atoms with Gasteiger partial charge >= 0.3 is 6.09 Å². The van der Waals surface area contributed by atoms with Crippen LogP contribution < -0.4 is 16.0 Å². The Hall–Kier alpha value is -2.64. The first-order valence-corrected chi connectivity index (χ1v) is 7.95. The molecule has 3 N–H and O–H groups in total. The molecule has 0 aliphatic rings. The van der Waals surface area contributed by atoms with Crippen LogP contribution in [-0.4, -0.2) is 43.1 Å². The van der Waals surface area contributed by atoms with Gasteiger partial charge in [0.25, 0.3) is 5.91 Å². The fraction of sp³-hybridized carbons (Fsp3) is 0.471. The first kappa shape index (κ1) is 20.4. The second kappa shape index (κ2) is 9.61. The van der Waals surface area contributed by atoms with E-state index in [4.69, 9.17) is 4.74 Å². The van der Waals surface area contributed by atoms with E-state index in [1.807, 2.05) is 0 Å². The molecule has 1 rings (SSSR count). The molecule has 0 spiro atoms. The van der Waals surface area contributed by atoms with Crippen LogP contribution in [-0.2, 0) is 9.53 Å². The Morgan fingerprint density at radius 1 is 1.04 bits per heavy atom. The smallest absolute Gasteiger partial charge is 0.408 e. The van der Waals surface area contributed by atoms with E-state index >= 15 is 0 Å². The predicted octanol–water partition coefficient (Wildman–Crippen LogP) is 1.59. The van der Waals surface area contributed by atoms with Crippen molar-refractivity contribution >= 4 is 17.9 Å². The van der Waals surface area contributed by atoms with Crippen LogP contribution in [0.25, 0.3) is 0 Å². The maximum absolute atomic E-state index is 13.4. The number of carbonyl (C=O) groups is 3. The topological polar surface area (TPSA) is 96.5 Å². The summed E-state index contributed by atoms with van der Waals surface area (Å²) in [6.07, 6.45) is -0.196. The van der Waals surface area contributed by atoms with Crippen molar-refractivity contribution < 1.29 is 23.5 Å². The molecule has 0 heterocycles. The van der Waals surface area contributed by atoms with E-state index in [2.05, 4.69) is 16.0 Å². The summed E-state index contributed by atoms with van der Waals surface area (Å²) in [6.45, 7) is 5.57. The van der Waals surface area contributed by atoms with Gasteiger partial charge in [-0.05, 0) is 39.3 Å². The van der Waals surface area contributed by atoms with Gasteiger partial charge in [-0.25, -0.2) is 9.18 Å². The summed E-state index contributed by atoms with van der Waals surface area (Å²) >= 11 is 0. The molecule has 7 nitrogen and oxygen atoms in total. The molecule has 3 amide bonds. The maximum Gasteiger partial charge on any atom is 0.408 e. The molecule has 0 aromatic heterocycles. The number of hydrogen-bond donors (Lipinski definition) is 3. The van der Waals surface area contributed by atoms with Crippen molar-refractivity contribution in [2.24, 2.45) is 0 Å². The number of halogens is 1. The molecule has 0 unspecified atom stereocenters. The summed E-state index contributed by atoms with van der Waals surface area (Å²) < 4.78 is 18.4. The average molecular weight is 353 g/mol. The summed E-state index contributed by atoms with van der Waals surface area (Å²) in [5, 5.41) is 7.50. The summed E-state index contributed by atoms with van der Waals surface area (Å²) in [5.41, 5.74) is -0.648. The van der Waals surface area contributed by atoms with Gasteiger partial charge in [0.2, 0.25) is 5.91 Å². The monoisotopic (exact) mass is 353 g/mol. The number of amides is 3. The largest absolute Gasteiger partial charge is 0.444 e. The van der Waals surface area contributed by atoms with E-state index in [1.54, 1.807) is 26.8 Å². The number of nitrogens with one attached hydrogen (secondary N) is 3. The second-order valence-electron chi connectivity index (χ2n) is 6.29. The van der Waals surface area contributed by atoms with Gasteiger partial charge in [0.05, 0.1) is 12.1 Å². The first-order chi connectivity index (χ1) is 11.7. The quantitative estimate of drug-likeness (QED) is 0.649. The van der Waals surface area contributed by atoms with Crippen LogP contribution in [0.1, 0.15) is 37.6 Å². The van der Waals surface area contributed by atoms with Gasteiger partial charge in [-0.15, -0.1) is 0 Å². The number of alkyl carbamates (subject to hydrolysis) is 1. The molecule has 0 fully saturated rings. The molecule has 0 bridgehead atoms. The van der Waals surface area contributed by atoms with Gasteiger partial charge < -0.3 is 20.7 Å². The van der Waals surface area contributed by atoms with Gasteiger partial charge in [-0.2, -0.15) is 0 Å². The summed E-state index contributed by atoms with van der Waals surface area (Å²) in [7, 11) is 0. The SMILES string of the molecule is CC(C)(C)OC(=O)NCC(=O)NCCCNC(=O)c1ccccc1F. The lowest BCUT2D eigenvalue weighted by Gasteiger charge is -2.19. The van der Waals surface area contributed by atoms with E-state index in [0.717, 1.165) is 0 Å². The van der Waals surface area contributed by atoms with Gasteiger partial charge in [-0.1, -0.05) is 12.1 Å². The highest BCUT2D eigenvalue weighted by atomic mass is 19.1. The molecule has 0 radical (unpaired) electrons. The third-order valence-electron chi connectivity index (χ3n) is 2.87. The van der Waals surface area contributed by atoms with Crippen molar-refractivity contribution in [3.63, 3.8) is 0 Å². The zero-order valence-corrected chi connectivity index (χ0v) is 14.6. The predicted molar refractivity (Wildman–Crippen MR) is 90.6 cm³/mol. The Morgan fingerprint density at radius 3 is 2.32 bits per heavy atom. The Kier molecular flexibility index (Phi) is 7.84. The zero-order chi connectivity index (χ0) is 18.9. The Morgan fingerprint density at radius 2 is 1.68 bits per heavy atom. The van der Waals surface area contributed by atoms with Crippen LogP contribution in [0.15, 0.2) is 24.3 Å². The van der Waals surface area contributed by atoms with Crippen LogP contribution >= 0.6 is 0 Å². The summed E-state index contributed by atoms with van der Waals surface area (Å²) in [5.74, 6) is -1.45. The standard InChI is InChI=1S/C17H24FN3O4/c1-17(2,3)25-16(24)21-11-14(22)19-9-6-10-20-15(23)12-7-4-5-8-13(12)18/h4-5,7-8H,6,9-11H2,1-3H3,(H,19,22)(H,20,23)(H,21,24). The Labute approximate surface area is 146 Å². The third kappa shape index (κ3) is 8.69. The molecule has 0 aliphatic heterocycles. The van der Waals surface area contributed by atoms with E-state index in [1.165, 1.54) is 18.2 Å². The minimum Gasteiger partial charge on any atom is -0.444 e. The van der Waals surface area contributed by atoms with Crippen LogP contribution in [0.4, 0.5) is 9.18 Å². The molecule has 1 aromatic carbocycles. The lowest BCUT2D eigenvalue weighted by molar-refractivity contribution is -0.120. The number of benzene rings is 1. The van der Waals surface area contributed by atoms with E-state index in [0.29, 0.717) is 13.0 Å². The van der Waals surface area contributed by atoms with Crippen molar-refractivity contribution in [1.29, 1.82) is 0 Å². The molecule has 1 aromatic rings. The molecule has 0 atom stereocenters. The maximum atomic E-state index is 13.4. The normalized spacial score (nSPS) is 10.7. The van der Waals surface area contributed by atoms with E-state index < -0.39 is 23.4 Å². The molecule has 8 heteroatoms. The fourth-order valence-corrected chi connectivity index (χ4v) is 1.79. The molecular weight excluding hydrogens is 329 g/mol. The van der Waals surface area contributed by atoms with E-state index in [-0.39, 0.29) is 24.6 Å². The van der Waals surface area contributed by atoms with Gasteiger partial charge in [-0.3, -0.25) is 9.59 Å². The zero-order valence-electron chi connectivity index (χ0n) is 14.6. The highest BCUT2D eigenvalue weighted by Crippen LogP contribution is 2.06. The Bertz CT molecular complexity index is 614. The van der Waals surface area contributed by atoms with Gasteiger partial charge in [0.1, 0.15) is 11.4 Å². The van der Waals surface area contributed by atoms with Crippen molar-refractivity contribution in [3.05, 3.63) is 35.6 Å². The number of rotatable bonds is 7. The fourth-order valence-electron chi connectivity index (χ4n) is 1.79. The van der Waals surface area contributed by atoms with Crippen molar-refractivity contribution in [2.45, 2.75) is 32.8 Å².